The first-order chi connectivity index (χ1) is 18.6. The van der Waals surface area contributed by atoms with E-state index in [1.807, 2.05) is 31.2 Å². The number of carbonyl (C=O) groups excluding carboxylic acids is 1. The van der Waals surface area contributed by atoms with E-state index in [-0.39, 0.29) is 37.4 Å². The summed E-state index contributed by atoms with van der Waals surface area (Å²) >= 11 is 24.4. The van der Waals surface area contributed by atoms with Crippen LogP contribution in [-0.4, -0.2) is 32.2 Å². The highest BCUT2D eigenvalue weighted by Gasteiger charge is 2.42. The van der Waals surface area contributed by atoms with Crippen LogP contribution in [0.2, 0.25) is 0 Å². The Balaban J connectivity index is 2.00. The second-order valence-electron chi connectivity index (χ2n) is 8.19. The Morgan fingerprint density at radius 2 is 1.18 bits per heavy atom. The molecule has 0 fully saturated rings. The molecule has 3 aromatic rings. The summed E-state index contributed by atoms with van der Waals surface area (Å²) < 4.78 is 56.0. The van der Waals surface area contributed by atoms with Crippen LogP contribution in [0.1, 0.15) is 13.3 Å². The average molecular weight is 1180 g/mol. The molecule has 216 valence electrons. The van der Waals surface area contributed by atoms with E-state index >= 15 is 0 Å². The Morgan fingerprint density at radius 3 is 1.50 bits per heavy atom. The highest BCUT2D eigenvalue weighted by Crippen LogP contribution is 2.41. The molecule has 0 aliphatic heterocycles. The second-order valence-corrected chi connectivity index (χ2v) is 17.1. The molecule has 0 unspecified atom stereocenters. The lowest BCUT2D eigenvalue weighted by atomic mass is 9.87. The number of hydrogen-bond acceptors (Lipinski definition) is 6. The van der Waals surface area contributed by atoms with Gasteiger partial charge in [0.2, 0.25) is 0 Å². The van der Waals surface area contributed by atoms with Crippen molar-refractivity contribution >= 4 is 157 Å². The van der Waals surface area contributed by atoms with Gasteiger partial charge < -0.3 is 14.2 Å². The van der Waals surface area contributed by atoms with Crippen molar-refractivity contribution in [3.63, 3.8) is 0 Å². The third-order valence-electron chi connectivity index (χ3n) is 5.46. The van der Waals surface area contributed by atoms with Crippen molar-refractivity contribution in [2.24, 2.45) is 5.41 Å². The van der Waals surface area contributed by atoms with Gasteiger partial charge in [-0.1, -0.05) is 38.8 Å². The topological polar surface area (TPSA) is 99.1 Å². The average Bonchev–Trinajstić information content (AvgIpc) is 2.79. The van der Waals surface area contributed by atoms with Crippen LogP contribution in [-0.2, 0) is 14.9 Å². The number of hydrogen-bond donors (Lipinski definition) is 1. The molecule has 0 aliphatic rings. The van der Waals surface area contributed by atoms with Gasteiger partial charge in [-0.25, -0.2) is 0 Å². The summed E-state index contributed by atoms with van der Waals surface area (Å²) in [7, 11) is -4.46. The van der Waals surface area contributed by atoms with Gasteiger partial charge in [-0.3, -0.25) is 9.35 Å². The van der Waals surface area contributed by atoms with Crippen LogP contribution < -0.4 is 14.2 Å². The van der Waals surface area contributed by atoms with Crippen LogP contribution in [0.4, 0.5) is 0 Å². The fourth-order valence-corrected chi connectivity index (χ4v) is 12.3. The molecule has 0 saturated carbocycles. The molecule has 0 bridgehead atoms. The number of ether oxygens (including phenoxy) is 3. The van der Waals surface area contributed by atoms with Gasteiger partial charge in [0.1, 0.15) is 40.8 Å². The van der Waals surface area contributed by atoms with Crippen molar-refractivity contribution in [3.05, 3.63) is 70.4 Å². The zero-order valence-corrected chi connectivity index (χ0v) is 34.6. The molecule has 0 heterocycles. The number of halogens is 8. The molecule has 7 nitrogen and oxygen atoms in total. The van der Waals surface area contributed by atoms with Gasteiger partial charge in [-0.2, -0.15) is 8.42 Å². The Kier molecular flexibility index (Phi) is 13.2. The smallest absolute Gasteiger partial charge is 0.324 e. The number of rotatable bonds is 10. The maximum Gasteiger partial charge on any atom is 0.324 e. The van der Waals surface area contributed by atoms with Crippen molar-refractivity contribution in [2.75, 3.05) is 13.2 Å². The maximum atomic E-state index is 13.8. The van der Waals surface area contributed by atoms with Crippen LogP contribution in [0.15, 0.2) is 68.1 Å². The highest BCUT2D eigenvalue weighted by atomic mass is 127. The minimum Gasteiger partial charge on any atom is -0.490 e. The van der Waals surface area contributed by atoms with E-state index in [0.717, 1.165) is 8.95 Å². The summed E-state index contributed by atoms with van der Waals surface area (Å²) in [5, 5.41) is 0. The molecule has 0 atom stereocenters. The number of benzene rings is 3. The van der Waals surface area contributed by atoms with E-state index < -0.39 is 21.5 Å². The Hall–Kier alpha value is 0.980. The lowest BCUT2D eigenvalue weighted by molar-refractivity contribution is -0.150. The quantitative estimate of drug-likeness (QED) is 0.0935. The summed E-state index contributed by atoms with van der Waals surface area (Å²) in [6.45, 7) is 1.61. The molecule has 1 N–H and O–H groups in total. The Labute approximate surface area is 309 Å². The van der Waals surface area contributed by atoms with E-state index in [1.165, 1.54) is 12.1 Å². The molecule has 3 rings (SSSR count). The van der Waals surface area contributed by atoms with Gasteiger partial charge in [-0.15, -0.1) is 0 Å². The highest BCUT2D eigenvalue weighted by molar-refractivity contribution is 14.1. The predicted octanol–water partition coefficient (Wildman–Crippen LogP) is 10.2. The molecule has 0 aromatic heterocycles. The lowest BCUT2D eigenvalue weighted by Gasteiger charge is -2.31. The van der Waals surface area contributed by atoms with Gasteiger partial charge in [0.15, 0.2) is 0 Å². The van der Waals surface area contributed by atoms with Gasteiger partial charge in [-0.05, 0) is 152 Å². The second kappa shape index (κ2) is 14.8. The molecule has 16 heteroatoms. The monoisotopic (exact) mass is 1180 g/mol. The number of carbonyl (C=O) groups is 1. The molecular formula is C24H16Br6I2O7S. The molecule has 0 spiro atoms. The predicted molar refractivity (Wildman–Crippen MR) is 190 cm³/mol. The third-order valence-corrected chi connectivity index (χ3v) is 12.1. The van der Waals surface area contributed by atoms with Crippen molar-refractivity contribution < 1.29 is 32.0 Å². The summed E-state index contributed by atoms with van der Waals surface area (Å²) in [4.78, 5) is 13.6. The van der Waals surface area contributed by atoms with Crippen molar-refractivity contribution in [1.29, 1.82) is 0 Å². The summed E-state index contributed by atoms with van der Waals surface area (Å²) in [6.07, 6.45) is 0.278. The fraction of sp³-hybridized carbons (Fsp3) is 0.208. The van der Waals surface area contributed by atoms with Crippen LogP contribution >= 0.6 is 141 Å². The van der Waals surface area contributed by atoms with Gasteiger partial charge in [0.05, 0.1) is 17.9 Å². The van der Waals surface area contributed by atoms with Crippen LogP contribution in [0, 0.1) is 12.6 Å². The van der Waals surface area contributed by atoms with E-state index in [9.17, 15) is 17.8 Å². The first-order valence-corrected chi connectivity index (χ1v) is 19.2. The molecule has 40 heavy (non-hydrogen) atoms. The lowest BCUT2D eigenvalue weighted by Crippen LogP contribution is -2.44. The normalized spacial score (nSPS) is 11.8. The molecule has 0 saturated heterocycles. The van der Waals surface area contributed by atoms with Crippen LogP contribution in [0.5, 0.6) is 17.2 Å². The van der Waals surface area contributed by atoms with E-state index in [1.54, 1.807) is 45.2 Å². The minimum atomic E-state index is -4.46. The summed E-state index contributed by atoms with van der Waals surface area (Å²) in [5.74, 6) is 0.443. The summed E-state index contributed by atoms with van der Waals surface area (Å²) in [5.41, 5.74) is -1.30. The fourth-order valence-electron chi connectivity index (χ4n) is 3.32. The largest absolute Gasteiger partial charge is 0.490 e. The van der Waals surface area contributed by atoms with Gasteiger partial charge >= 0.3 is 5.97 Å². The molecule has 0 amide bonds. The zero-order valence-electron chi connectivity index (χ0n) is 19.9. The van der Waals surface area contributed by atoms with Crippen molar-refractivity contribution in [2.45, 2.75) is 18.2 Å². The van der Waals surface area contributed by atoms with E-state index in [4.69, 9.17) is 14.2 Å². The Morgan fingerprint density at radius 1 is 0.800 bits per heavy atom. The zero-order chi connectivity index (χ0) is 30.0. The third kappa shape index (κ3) is 8.79. The van der Waals surface area contributed by atoms with Crippen LogP contribution in [0.25, 0.3) is 0 Å². The van der Waals surface area contributed by atoms with Crippen molar-refractivity contribution in [3.8, 4) is 17.2 Å². The van der Waals surface area contributed by atoms with Crippen molar-refractivity contribution in [1.82, 2.24) is 0 Å². The first kappa shape index (κ1) is 35.5. The molecule has 3 aromatic carbocycles. The standard InChI is InChI=1S/C24H16Br6I2O7S/c1-2-24(9-37-20-14(27)3-11(25)4-15(20)28,10-38-21-16(29)5-12(26)6-17(21)30)23(33)39-13-7-18(31)22(19(32)8-13)40(34,35)36/h3-8H,2,9-10H2,1H3,(H,34,35,36). The molecule has 0 radical (unpaired) electrons. The van der Waals surface area contributed by atoms with E-state index in [2.05, 4.69) is 95.6 Å². The maximum absolute atomic E-state index is 13.8. The summed E-state index contributed by atoms with van der Waals surface area (Å²) in [6, 6.07) is 10.0. The minimum absolute atomic E-state index is 0.107. The van der Waals surface area contributed by atoms with E-state index in [0.29, 0.717) is 29.4 Å². The van der Waals surface area contributed by atoms with Crippen LogP contribution in [0.3, 0.4) is 0 Å². The molecule has 0 aliphatic carbocycles. The molecular weight excluding hydrogens is 1170 g/mol. The Bertz CT molecular complexity index is 1440. The first-order valence-electron chi connectivity index (χ1n) is 10.8. The van der Waals surface area contributed by atoms with Gasteiger partial charge in [0, 0.05) is 16.1 Å². The SMILES string of the molecule is CCC(COc1c(Br)cc(Br)cc1Br)(COc1c(Br)cc(Br)cc1Br)C(=O)Oc1cc(I)c(S(=O)(=O)O)c(I)c1. The number of esters is 1. The van der Waals surface area contributed by atoms with Gasteiger partial charge in [0.25, 0.3) is 10.1 Å².